The molecular weight excluding hydrogens is 266 g/mol. The number of halogens is 1. The molecule has 1 atom stereocenters. The zero-order valence-corrected chi connectivity index (χ0v) is 12.1. The van der Waals surface area contributed by atoms with E-state index in [0.29, 0.717) is 22.4 Å². The molecule has 1 aromatic carbocycles. The lowest BCUT2D eigenvalue weighted by molar-refractivity contribution is 0.0932. The first-order chi connectivity index (χ1) is 8.69. The minimum atomic E-state index is 0.166. The van der Waals surface area contributed by atoms with Gasteiger partial charge in [0, 0.05) is 34.7 Å². The standard InChI is InChI=1S/C14H18ClNOS/c1-2-13-9-16(6-7-18-13)10-14(17)11-4-3-5-12(15)8-11/h3-5,8,13H,2,6-7,9-10H2,1H3. The van der Waals surface area contributed by atoms with E-state index in [1.165, 1.54) is 6.42 Å². The molecule has 1 aliphatic heterocycles. The highest BCUT2D eigenvalue weighted by Crippen LogP contribution is 2.21. The van der Waals surface area contributed by atoms with Gasteiger partial charge in [-0.15, -0.1) is 0 Å². The van der Waals surface area contributed by atoms with Crippen molar-refractivity contribution in [1.29, 1.82) is 0 Å². The molecule has 1 fully saturated rings. The Labute approximate surface area is 118 Å². The highest BCUT2D eigenvalue weighted by Gasteiger charge is 2.21. The van der Waals surface area contributed by atoms with E-state index >= 15 is 0 Å². The van der Waals surface area contributed by atoms with Gasteiger partial charge < -0.3 is 0 Å². The van der Waals surface area contributed by atoms with Crippen LogP contribution < -0.4 is 0 Å². The van der Waals surface area contributed by atoms with E-state index in [1.54, 1.807) is 12.1 Å². The molecule has 4 heteroatoms. The molecule has 1 aliphatic rings. The van der Waals surface area contributed by atoms with Crippen LogP contribution >= 0.6 is 23.4 Å². The van der Waals surface area contributed by atoms with Crippen LogP contribution in [0.15, 0.2) is 24.3 Å². The Kier molecular flexibility index (Phi) is 5.10. The minimum absolute atomic E-state index is 0.166. The molecule has 0 aromatic heterocycles. The zero-order valence-electron chi connectivity index (χ0n) is 10.6. The smallest absolute Gasteiger partial charge is 0.176 e. The van der Waals surface area contributed by atoms with Gasteiger partial charge in [0.15, 0.2) is 5.78 Å². The van der Waals surface area contributed by atoms with Gasteiger partial charge >= 0.3 is 0 Å². The fourth-order valence-electron chi connectivity index (χ4n) is 2.13. The summed E-state index contributed by atoms with van der Waals surface area (Å²) in [5.74, 6) is 1.29. The first-order valence-electron chi connectivity index (χ1n) is 6.31. The van der Waals surface area contributed by atoms with Crippen LogP contribution in [0.4, 0.5) is 0 Å². The summed E-state index contributed by atoms with van der Waals surface area (Å²) in [6.07, 6.45) is 1.17. The quantitative estimate of drug-likeness (QED) is 0.791. The van der Waals surface area contributed by atoms with Crippen LogP contribution in [0.1, 0.15) is 23.7 Å². The number of benzene rings is 1. The summed E-state index contributed by atoms with van der Waals surface area (Å²) in [6.45, 7) is 4.75. The molecule has 1 heterocycles. The maximum atomic E-state index is 12.2. The van der Waals surface area contributed by atoms with Crippen LogP contribution in [-0.4, -0.2) is 41.3 Å². The number of Topliss-reactive ketones (excluding diaryl/α,β-unsaturated/α-hetero) is 1. The molecule has 2 rings (SSSR count). The van der Waals surface area contributed by atoms with E-state index in [0.717, 1.165) is 18.8 Å². The molecule has 0 radical (unpaired) electrons. The van der Waals surface area contributed by atoms with Gasteiger partial charge in [-0.3, -0.25) is 9.69 Å². The van der Waals surface area contributed by atoms with E-state index in [1.807, 2.05) is 23.9 Å². The maximum absolute atomic E-state index is 12.2. The number of hydrogen-bond donors (Lipinski definition) is 0. The Balaban J connectivity index is 1.95. The number of nitrogens with zero attached hydrogens (tertiary/aromatic N) is 1. The molecule has 0 spiro atoms. The van der Waals surface area contributed by atoms with Gasteiger partial charge in [-0.2, -0.15) is 11.8 Å². The van der Waals surface area contributed by atoms with Crippen LogP contribution in [0.2, 0.25) is 5.02 Å². The summed E-state index contributed by atoms with van der Waals surface area (Å²) >= 11 is 7.93. The van der Waals surface area contributed by atoms with Crippen LogP contribution in [-0.2, 0) is 0 Å². The van der Waals surface area contributed by atoms with E-state index in [9.17, 15) is 4.79 Å². The molecule has 0 aliphatic carbocycles. The van der Waals surface area contributed by atoms with Crippen molar-refractivity contribution in [2.24, 2.45) is 0 Å². The molecular formula is C14H18ClNOS. The van der Waals surface area contributed by atoms with Crippen molar-refractivity contribution in [2.45, 2.75) is 18.6 Å². The van der Waals surface area contributed by atoms with Crippen molar-refractivity contribution in [1.82, 2.24) is 4.90 Å². The van der Waals surface area contributed by atoms with Crippen molar-refractivity contribution in [2.75, 3.05) is 25.4 Å². The largest absolute Gasteiger partial charge is 0.294 e. The average molecular weight is 284 g/mol. The van der Waals surface area contributed by atoms with Crippen LogP contribution in [0, 0.1) is 0 Å². The summed E-state index contributed by atoms with van der Waals surface area (Å²) in [5.41, 5.74) is 0.716. The Morgan fingerprint density at radius 2 is 2.39 bits per heavy atom. The first-order valence-corrected chi connectivity index (χ1v) is 7.74. The lowest BCUT2D eigenvalue weighted by atomic mass is 10.1. The Morgan fingerprint density at radius 1 is 1.56 bits per heavy atom. The number of hydrogen-bond acceptors (Lipinski definition) is 3. The summed E-state index contributed by atoms with van der Waals surface area (Å²) in [6, 6.07) is 7.21. The molecule has 0 N–H and O–H groups in total. The third-order valence-corrected chi connectivity index (χ3v) is 4.80. The average Bonchev–Trinajstić information content (AvgIpc) is 2.39. The number of thioether (sulfide) groups is 1. The monoisotopic (exact) mass is 283 g/mol. The van der Waals surface area contributed by atoms with Gasteiger partial charge in [-0.05, 0) is 18.6 Å². The Hall–Kier alpha value is -0.510. The second-order valence-electron chi connectivity index (χ2n) is 4.57. The Bertz CT molecular complexity index is 424. The van der Waals surface area contributed by atoms with Gasteiger partial charge in [0.25, 0.3) is 0 Å². The Morgan fingerprint density at radius 3 is 3.11 bits per heavy atom. The van der Waals surface area contributed by atoms with Crippen molar-refractivity contribution in [3.63, 3.8) is 0 Å². The molecule has 0 bridgehead atoms. The van der Waals surface area contributed by atoms with Crippen molar-refractivity contribution >= 4 is 29.1 Å². The van der Waals surface area contributed by atoms with E-state index in [4.69, 9.17) is 11.6 Å². The fraction of sp³-hybridized carbons (Fsp3) is 0.500. The van der Waals surface area contributed by atoms with Gasteiger partial charge in [0.2, 0.25) is 0 Å². The lowest BCUT2D eigenvalue weighted by Gasteiger charge is -2.31. The molecule has 1 aromatic rings. The molecule has 0 amide bonds. The third-order valence-electron chi connectivity index (χ3n) is 3.19. The maximum Gasteiger partial charge on any atom is 0.176 e. The number of rotatable bonds is 4. The van der Waals surface area contributed by atoms with E-state index in [-0.39, 0.29) is 5.78 Å². The number of ketones is 1. The zero-order chi connectivity index (χ0) is 13.0. The van der Waals surface area contributed by atoms with Gasteiger partial charge in [-0.25, -0.2) is 0 Å². The molecule has 18 heavy (non-hydrogen) atoms. The summed E-state index contributed by atoms with van der Waals surface area (Å²) < 4.78 is 0. The van der Waals surface area contributed by atoms with Gasteiger partial charge in [0.1, 0.15) is 0 Å². The van der Waals surface area contributed by atoms with Gasteiger partial charge in [-0.1, -0.05) is 30.7 Å². The second-order valence-corrected chi connectivity index (χ2v) is 6.41. The lowest BCUT2D eigenvalue weighted by Crippen LogP contribution is -2.40. The highest BCUT2D eigenvalue weighted by atomic mass is 35.5. The van der Waals surface area contributed by atoms with E-state index < -0.39 is 0 Å². The highest BCUT2D eigenvalue weighted by molar-refractivity contribution is 8.00. The van der Waals surface area contributed by atoms with Crippen LogP contribution in [0.3, 0.4) is 0 Å². The minimum Gasteiger partial charge on any atom is -0.294 e. The normalized spacial score (nSPS) is 20.9. The molecule has 2 nitrogen and oxygen atoms in total. The SMILES string of the molecule is CCC1CN(CC(=O)c2cccc(Cl)c2)CCS1. The fourth-order valence-corrected chi connectivity index (χ4v) is 3.57. The molecule has 1 unspecified atom stereocenters. The summed E-state index contributed by atoms with van der Waals surface area (Å²) in [5, 5.41) is 1.30. The summed E-state index contributed by atoms with van der Waals surface area (Å²) in [7, 11) is 0. The van der Waals surface area contributed by atoms with Crippen molar-refractivity contribution in [3.8, 4) is 0 Å². The molecule has 98 valence electrons. The second kappa shape index (κ2) is 6.60. The number of carbonyl (C=O) groups excluding carboxylic acids is 1. The van der Waals surface area contributed by atoms with Crippen LogP contribution in [0.25, 0.3) is 0 Å². The van der Waals surface area contributed by atoms with Crippen molar-refractivity contribution < 1.29 is 4.79 Å². The predicted molar refractivity (Wildman–Crippen MR) is 78.8 cm³/mol. The van der Waals surface area contributed by atoms with Crippen LogP contribution in [0.5, 0.6) is 0 Å². The topological polar surface area (TPSA) is 20.3 Å². The van der Waals surface area contributed by atoms with Gasteiger partial charge in [0.05, 0.1) is 6.54 Å². The van der Waals surface area contributed by atoms with Crippen molar-refractivity contribution in [3.05, 3.63) is 34.9 Å². The first kappa shape index (κ1) is 13.9. The predicted octanol–water partition coefficient (Wildman–Crippen LogP) is 3.35. The number of carbonyl (C=O) groups is 1. The third kappa shape index (κ3) is 3.74. The van der Waals surface area contributed by atoms with E-state index in [2.05, 4.69) is 11.8 Å². The summed E-state index contributed by atoms with van der Waals surface area (Å²) in [4.78, 5) is 14.4. The molecule has 0 saturated carbocycles. The molecule has 1 saturated heterocycles.